The summed E-state index contributed by atoms with van der Waals surface area (Å²) < 4.78 is 25.1. The Balaban J connectivity index is 1.51. The van der Waals surface area contributed by atoms with Gasteiger partial charge in [-0.05, 0) is 48.6 Å². The number of anilines is 2. The Morgan fingerprint density at radius 1 is 1.29 bits per heavy atom. The minimum atomic E-state index is -2.99. The predicted molar refractivity (Wildman–Crippen MR) is 133 cm³/mol. The van der Waals surface area contributed by atoms with Crippen LogP contribution in [-0.4, -0.2) is 34.7 Å². The molecule has 34 heavy (non-hydrogen) atoms. The normalized spacial score (nSPS) is 23.1. The van der Waals surface area contributed by atoms with Gasteiger partial charge in [-0.15, -0.1) is 10.8 Å². The van der Waals surface area contributed by atoms with Crippen LogP contribution in [0.2, 0.25) is 0 Å². The molecule has 0 spiro atoms. The van der Waals surface area contributed by atoms with E-state index in [0.29, 0.717) is 40.6 Å². The van der Waals surface area contributed by atoms with Crippen molar-refractivity contribution in [2.75, 3.05) is 11.9 Å². The summed E-state index contributed by atoms with van der Waals surface area (Å²) >= 11 is 0. The van der Waals surface area contributed by atoms with Crippen LogP contribution in [0.4, 0.5) is 11.5 Å². The molecule has 2 atom stereocenters. The lowest BCUT2D eigenvalue weighted by molar-refractivity contribution is 0.277. The number of nitriles is 1. The molecule has 10 heteroatoms. The first-order valence-electron chi connectivity index (χ1n) is 11.7. The number of pyridine rings is 1. The van der Waals surface area contributed by atoms with E-state index in [2.05, 4.69) is 16.4 Å². The Hall–Kier alpha value is -2.84. The lowest BCUT2D eigenvalue weighted by atomic mass is 9.85. The Kier molecular flexibility index (Phi) is 5.90. The summed E-state index contributed by atoms with van der Waals surface area (Å²) in [5.41, 5.74) is 2.03. The standard InChI is InChI=1S/C24H30N6O3S/c1-15(2)13-29-14-17-11-18(7-8-21(17)34(29,32)33)27-23-22-20(9-10-26-24(22)31)30(28-23)19-6-4-3-5-16(19)12-25/h7-11,15-16,19,32-33H,3-6,13-14H2,1-2H3,(H,26,31)(H,27,28)/t16-,19+/m1/s1. The number of rotatable bonds is 5. The highest BCUT2D eigenvalue weighted by atomic mass is 32.3. The molecule has 1 aliphatic carbocycles. The number of H-pyrrole nitrogens is 1. The molecule has 0 amide bonds. The minimum Gasteiger partial charge on any atom is -0.338 e. The predicted octanol–water partition coefficient (Wildman–Crippen LogP) is 5.22. The van der Waals surface area contributed by atoms with Gasteiger partial charge < -0.3 is 10.3 Å². The lowest BCUT2D eigenvalue weighted by Crippen LogP contribution is -2.25. The molecule has 180 valence electrons. The number of hydrogen-bond acceptors (Lipinski definition) is 7. The van der Waals surface area contributed by atoms with Crippen molar-refractivity contribution in [3.8, 4) is 6.07 Å². The first kappa shape index (κ1) is 22.9. The quantitative estimate of drug-likeness (QED) is 0.392. The third kappa shape index (κ3) is 3.88. The van der Waals surface area contributed by atoms with Crippen molar-refractivity contribution < 1.29 is 9.11 Å². The van der Waals surface area contributed by atoms with E-state index in [0.717, 1.165) is 36.9 Å². The fourth-order valence-electron chi connectivity index (χ4n) is 5.17. The van der Waals surface area contributed by atoms with Crippen LogP contribution < -0.4 is 10.9 Å². The topological polar surface area (TPSA) is 130 Å². The number of aromatic amines is 1. The summed E-state index contributed by atoms with van der Waals surface area (Å²) in [6.45, 7) is 5.14. The molecule has 0 bridgehead atoms. The van der Waals surface area contributed by atoms with E-state index in [-0.39, 0.29) is 17.5 Å². The molecule has 3 aromatic rings. The van der Waals surface area contributed by atoms with Crippen LogP contribution in [0, 0.1) is 23.2 Å². The van der Waals surface area contributed by atoms with Gasteiger partial charge in [0, 0.05) is 25.0 Å². The van der Waals surface area contributed by atoms with E-state index < -0.39 is 10.8 Å². The molecular weight excluding hydrogens is 452 g/mol. The molecule has 1 saturated carbocycles. The molecule has 0 unspecified atom stereocenters. The number of benzene rings is 1. The van der Waals surface area contributed by atoms with Gasteiger partial charge in [-0.25, -0.2) is 0 Å². The Morgan fingerprint density at radius 3 is 2.85 bits per heavy atom. The van der Waals surface area contributed by atoms with Crippen molar-refractivity contribution in [1.29, 1.82) is 5.26 Å². The number of aromatic nitrogens is 3. The molecule has 9 nitrogen and oxygen atoms in total. The van der Waals surface area contributed by atoms with Crippen LogP contribution in [0.25, 0.3) is 10.9 Å². The summed E-state index contributed by atoms with van der Waals surface area (Å²) in [4.78, 5) is 16.1. The molecule has 1 fully saturated rings. The van der Waals surface area contributed by atoms with Crippen LogP contribution in [-0.2, 0) is 6.54 Å². The lowest BCUT2D eigenvalue weighted by Gasteiger charge is -2.38. The average molecular weight is 483 g/mol. The first-order valence-corrected chi connectivity index (χ1v) is 13.2. The van der Waals surface area contributed by atoms with E-state index in [9.17, 15) is 19.2 Å². The van der Waals surface area contributed by atoms with Gasteiger partial charge in [-0.2, -0.15) is 14.7 Å². The van der Waals surface area contributed by atoms with Gasteiger partial charge in [0.25, 0.3) is 5.56 Å². The molecule has 2 aromatic heterocycles. The van der Waals surface area contributed by atoms with Gasteiger partial charge in [-0.3, -0.25) is 18.6 Å². The maximum atomic E-state index is 12.8. The van der Waals surface area contributed by atoms with Crippen LogP contribution in [0.1, 0.15) is 51.1 Å². The molecule has 1 aliphatic heterocycles. The SMILES string of the molecule is CC(C)CN1Cc2cc(Nc3nn([C@H]4CCCC[C@@H]4C#N)c4cc[nH]c(=O)c34)ccc2S1(O)O. The van der Waals surface area contributed by atoms with E-state index in [4.69, 9.17) is 5.10 Å². The van der Waals surface area contributed by atoms with E-state index in [1.807, 2.05) is 30.7 Å². The number of fused-ring (bicyclic) bond motifs is 2. The van der Waals surface area contributed by atoms with Crippen molar-refractivity contribution in [2.45, 2.75) is 57.0 Å². The van der Waals surface area contributed by atoms with Crippen LogP contribution in [0.15, 0.2) is 40.2 Å². The van der Waals surface area contributed by atoms with Crippen molar-refractivity contribution in [1.82, 2.24) is 19.1 Å². The zero-order valence-electron chi connectivity index (χ0n) is 19.4. The summed E-state index contributed by atoms with van der Waals surface area (Å²) in [6, 6.07) is 9.60. The minimum absolute atomic E-state index is 0.0730. The second-order valence-electron chi connectivity index (χ2n) is 9.63. The highest BCUT2D eigenvalue weighted by Gasteiger charge is 2.35. The highest BCUT2D eigenvalue weighted by molar-refractivity contribution is 8.22. The van der Waals surface area contributed by atoms with E-state index in [1.54, 1.807) is 22.6 Å². The summed E-state index contributed by atoms with van der Waals surface area (Å²) in [6.07, 6.45) is 5.35. The molecule has 0 radical (unpaired) electrons. The second kappa shape index (κ2) is 8.74. The van der Waals surface area contributed by atoms with Crippen molar-refractivity contribution in [3.05, 3.63) is 46.4 Å². The largest absolute Gasteiger partial charge is 0.338 e. The zero-order chi connectivity index (χ0) is 24.0. The first-order chi connectivity index (χ1) is 16.3. The molecule has 5 rings (SSSR count). The third-order valence-corrected chi connectivity index (χ3v) is 8.72. The Morgan fingerprint density at radius 2 is 2.09 bits per heavy atom. The fraction of sp³-hybridized carbons (Fsp3) is 0.458. The molecule has 3 heterocycles. The monoisotopic (exact) mass is 482 g/mol. The van der Waals surface area contributed by atoms with Crippen molar-refractivity contribution in [2.24, 2.45) is 11.8 Å². The van der Waals surface area contributed by atoms with Crippen molar-refractivity contribution in [3.63, 3.8) is 0 Å². The van der Waals surface area contributed by atoms with Crippen molar-refractivity contribution >= 4 is 33.2 Å². The van der Waals surface area contributed by atoms with E-state index in [1.165, 1.54) is 0 Å². The molecule has 1 aromatic carbocycles. The zero-order valence-corrected chi connectivity index (χ0v) is 20.2. The third-order valence-electron chi connectivity index (χ3n) is 6.73. The number of nitrogens with zero attached hydrogens (tertiary/aromatic N) is 4. The Bertz CT molecular complexity index is 1320. The summed E-state index contributed by atoms with van der Waals surface area (Å²) in [5.74, 6) is 0.598. The van der Waals surface area contributed by atoms with Gasteiger partial charge >= 0.3 is 0 Å². The molecule has 2 aliphatic rings. The molecule has 4 N–H and O–H groups in total. The number of nitrogens with one attached hydrogen (secondary N) is 2. The highest BCUT2D eigenvalue weighted by Crippen LogP contribution is 2.59. The maximum absolute atomic E-state index is 12.8. The fourth-order valence-corrected chi connectivity index (χ4v) is 7.00. The summed E-state index contributed by atoms with van der Waals surface area (Å²) in [7, 11) is -2.99. The van der Waals surface area contributed by atoms with Gasteiger partial charge in [0.2, 0.25) is 0 Å². The average Bonchev–Trinajstić information content (AvgIpc) is 3.28. The molecule has 0 saturated heterocycles. The molecular formula is C24H30N6O3S. The van der Waals surface area contributed by atoms with Gasteiger partial charge in [0.1, 0.15) is 5.39 Å². The van der Waals surface area contributed by atoms with E-state index >= 15 is 0 Å². The van der Waals surface area contributed by atoms with Crippen LogP contribution in [0.5, 0.6) is 0 Å². The van der Waals surface area contributed by atoms with Crippen LogP contribution >= 0.6 is 10.8 Å². The van der Waals surface area contributed by atoms with Gasteiger partial charge in [0.05, 0.1) is 28.4 Å². The van der Waals surface area contributed by atoms with Gasteiger partial charge in [0.15, 0.2) is 5.82 Å². The second-order valence-corrected chi connectivity index (χ2v) is 11.6. The maximum Gasteiger partial charge on any atom is 0.261 e. The number of hydrogen-bond donors (Lipinski definition) is 4. The Labute approximate surface area is 199 Å². The van der Waals surface area contributed by atoms with Gasteiger partial charge in [-0.1, -0.05) is 26.7 Å². The smallest absolute Gasteiger partial charge is 0.261 e. The summed E-state index contributed by atoms with van der Waals surface area (Å²) in [5, 5.41) is 18.2. The van der Waals surface area contributed by atoms with Crippen LogP contribution in [0.3, 0.4) is 0 Å².